The number of rotatable bonds is 5. The summed E-state index contributed by atoms with van der Waals surface area (Å²) in [6.45, 7) is 0.701. The van der Waals surface area contributed by atoms with Crippen LogP contribution in [0.4, 0.5) is 4.39 Å². The van der Waals surface area contributed by atoms with Gasteiger partial charge in [-0.2, -0.15) is 0 Å². The second-order valence-electron chi connectivity index (χ2n) is 3.39. The summed E-state index contributed by atoms with van der Waals surface area (Å²) < 4.78 is 12.6. The molecule has 0 saturated carbocycles. The molecule has 4 heteroatoms. The van der Waals surface area contributed by atoms with Crippen LogP contribution in [0, 0.1) is 5.82 Å². The summed E-state index contributed by atoms with van der Waals surface area (Å²) in [7, 11) is 1.75. The van der Waals surface area contributed by atoms with Crippen LogP contribution < -0.4 is 0 Å². The summed E-state index contributed by atoms with van der Waals surface area (Å²) in [5, 5.41) is 8.65. The fraction of sp³-hybridized carbons (Fsp3) is 0.364. The van der Waals surface area contributed by atoms with Crippen molar-refractivity contribution in [3.05, 3.63) is 35.6 Å². The maximum atomic E-state index is 12.6. The Kier molecular flexibility index (Phi) is 4.39. The van der Waals surface area contributed by atoms with Gasteiger partial charge in [0.25, 0.3) is 0 Å². The van der Waals surface area contributed by atoms with E-state index in [4.69, 9.17) is 5.11 Å². The largest absolute Gasteiger partial charge is 0.395 e. The van der Waals surface area contributed by atoms with Crippen LogP contribution in [0.25, 0.3) is 0 Å². The Bertz CT molecular complexity index is 324. The number of carbonyl (C=O) groups is 1. The number of aliphatic hydroxyl groups is 1. The number of hydrogen-bond acceptors (Lipinski definition) is 3. The van der Waals surface area contributed by atoms with E-state index in [1.807, 2.05) is 0 Å². The second-order valence-corrected chi connectivity index (χ2v) is 3.39. The lowest BCUT2D eigenvalue weighted by Gasteiger charge is -2.13. The summed E-state index contributed by atoms with van der Waals surface area (Å²) in [4.78, 5) is 13.3. The van der Waals surface area contributed by atoms with Crippen LogP contribution >= 0.6 is 0 Å². The SMILES string of the molecule is CN(CCO)CC(=O)c1ccc(F)cc1. The van der Waals surface area contributed by atoms with Crippen LogP contribution in [-0.2, 0) is 0 Å². The van der Waals surface area contributed by atoms with E-state index < -0.39 is 0 Å². The third-order valence-corrected chi connectivity index (χ3v) is 2.06. The molecular weight excluding hydrogens is 197 g/mol. The maximum absolute atomic E-state index is 12.6. The first kappa shape index (κ1) is 11.8. The normalized spacial score (nSPS) is 10.7. The average molecular weight is 211 g/mol. The van der Waals surface area contributed by atoms with Crippen molar-refractivity contribution in [2.45, 2.75) is 0 Å². The molecule has 1 rings (SSSR count). The molecule has 0 aromatic heterocycles. The molecule has 0 unspecified atom stereocenters. The molecule has 1 aromatic carbocycles. The third-order valence-electron chi connectivity index (χ3n) is 2.06. The molecule has 0 amide bonds. The lowest BCUT2D eigenvalue weighted by atomic mass is 10.1. The summed E-state index contributed by atoms with van der Waals surface area (Å²) in [5.41, 5.74) is 0.487. The zero-order chi connectivity index (χ0) is 11.3. The van der Waals surface area contributed by atoms with E-state index in [9.17, 15) is 9.18 Å². The summed E-state index contributed by atoms with van der Waals surface area (Å²) in [6, 6.07) is 5.45. The summed E-state index contributed by atoms with van der Waals surface area (Å²) in [5.74, 6) is -0.429. The quantitative estimate of drug-likeness (QED) is 0.737. The minimum atomic E-state index is -0.352. The van der Waals surface area contributed by atoms with E-state index >= 15 is 0 Å². The van der Waals surface area contributed by atoms with Gasteiger partial charge in [-0.15, -0.1) is 0 Å². The Labute approximate surface area is 88.1 Å². The number of ketones is 1. The number of carbonyl (C=O) groups excluding carboxylic acids is 1. The molecule has 0 aliphatic rings. The summed E-state index contributed by atoms with van der Waals surface area (Å²) in [6.07, 6.45) is 0. The van der Waals surface area contributed by atoms with Gasteiger partial charge in [0.05, 0.1) is 13.2 Å². The van der Waals surface area contributed by atoms with Gasteiger partial charge in [0, 0.05) is 12.1 Å². The molecule has 0 heterocycles. The van der Waals surface area contributed by atoms with E-state index in [0.717, 1.165) is 0 Å². The van der Waals surface area contributed by atoms with Crippen molar-refractivity contribution in [2.75, 3.05) is 26.7 Å². The van der Waals surface area contributed by atoms with Crippen molar-refractivity contribution in [1.29, 1.82) is 0 Å². The number of aliphatic hydroxyl groups excluding tert-OH is 1. The van der Waals surface area contributed by atoms with E-state index in [1.54, 1.807) is 11.9 Å². The molecule has 0 aliphatic carbocycles. The monoisotopic (exact) mass is 211 g/mol. The first-order chi connectivity index (χ1) is 7.13. The molecule has 0 radical (unpaired) electrons. The molecule has 15 heavy (non-hydrogen) atoms. The fourth-order valence-corrected chi connectivity index (χ4v) is 1.22. The third kappa shape index (κ3) is 3.77. The number of Topliss-reactive ketones (excluding diaryl/α,β-unsaturated/α-hetero) is 1. The Morgan fingerprint density at radius 3 is 2.53 bits per heavy atom. The molecule has 3 nitrogen and oxygen atoms in total. The van der Waals surface area contributed by atoms with Crippen LogP contribution in [0.15, 0.2) is 24.3 Å². The first-order valence-electron chi connectivity index (χ1n) is 4.71. The highest BCUT2D eigenvalue weighted by atomic mass is 19.1. The van der Waals surface area contributed by atoms with Crippen molar-refractivity contribution in [3.63, 3.8) is 0 Å². The predicted octanol–water partition coefficient (Wildman–Crippen LogP) is 0.932. The first-order valence-corrected chi connectivity index (χ1v) is 4.71. The molecule has 0 aliphatic heterocycles. The van der Waals surface area contributed by atoms with Crippen molar-refractivity contribution in [3.8, 4) is 0 Å². The van der Waals surface area contributed by atoms with Crippen LogP contribution in [0.1, 0.15) is 10.4 Å². The van der Waals surface area contributed by atoms with E-state index in [2.05, 4.69) is 0 Å². The lowest BCUT2D eigenvalue weighted by molar-refractivity contribution is 0.0935. The van der Waals surface area contributed by atoms with Gasteiger partial charge >= 0.3 is 0 Å². The van der Waals surface area contributed by atoms with Gasteiger partial charge in [0.15, 0.2) is 5.78 Å². The van der Waals surface area contributed by atoms with Crippen molar-refractivity contribution in [1.82, 2.24) is 4.90 Å². The van der Waals surface area contributed by atoms with Gasteiger partial charge in [0.2, 0.25) is 0 Å². The minimum absolute atomic E-state index is 0.0210. The minimum Gasteiger partial charge on any atom is -0.395 e. The number of halogens is 1. The maximum Gasteiger partial charge on any atom is 0.176 e. The van der Waals surface area contributed by atoms with Crippen LogP contribution in [0.3, 0.4) is 0 Å². The molecule has 0 atom stereocenters. The predicted molar refractivity (Wildman–Crippen MR) is 55.3 cm³/mol. The Hall–Kier alpha value is -1.26. The van der Waals surface area contributed by atoms with Crippen LogP contribution in [-0.4, -0.2) is 42.5 Å². The molecule has 0 bridgehead atoms. The highest BCUT2D eigenvalue weighted by Crippen LogP contribution is 2.04. The van der Waals surface area contributed by atoms with Gasteiger partial charge < -0.3 is 5.11 Å². The van der Waals surface area contributed by atoms with Crippen molar-refractivity contribution < 1.29 is 14.3 Å². The van der Waals surface area contributed by atoms with Gasteiger partial charge in [0.1, 0.15) is 5.82 Å². The van der Waals surface area contributed by atoms with Crippen molar-refractivity contribution in [2.24, 2.45) is 0 Å². The fourth-order valence-electron chi connectivity index (χ4n) is 1.22. The van der Waals surface area contributed by atoms with E-state index in [0.29, 0.717) is 12.1 Å². The standard InChI is InChI=1S/C11H14FNO2/c1-13(6-7-14)8-11(15)9-2-4-10(12)5-3-9/h2-5,14H,6-8H2,1H3. The van der Waals surface area contributed by atoms with Crippen molar-refractivity contribution >= 4 is 5.78 Å². The van der Waals surface area contributed by atoms with E-state index in [1.165, 1.54) is 24.3 Å². The zero-order valence-corrected chi connectivity index (χ0v) is 8.61. The smallest absolute Gasteiger partial charge is 0.176 e. The zero-order valence-electron chi connectivity index (χ0n) is 8.61. The molecular formula is C11H14FNO2. The van der Waals surface area contributed by atoms with Gasteiger partial charge in [-0.25, -0.2) is 4.39 Å². The average Bonchev–Trinajstić information content (AvgIpc) is 2.18. The second kappa shape index (κ2) is 5.58. The number of nitrogens with zero attached hydrogens (tertiary/aromatic N) is 1. The molecule has 0 saturated heterocycles. The number of likely N-dealkylation sites (N-methyl/N-ethyl adjacent to an activating group) is 1. The molecule has 1 aromatic rings. The highest BCUT2D eigenvalue weighted by molar-refractivity contribution is 5.97. The highest BCUT2D eigenvalue weighted by Gasteiger charge is 2.08. The van der Waals surface area contributed by atoms with E-state index in [-0.39, 0.29) is 24.8 Å². The van der Waals surface area contributed by atoms with Crippen LogP contribution in [0.2, 0.25) is 0 Å². The van der Waals surface area contributed by atoms with Gasteiger partial charge in [-0.1, -0.05) is 0 Å². The summed E-state index contributed by atoms with van der Waals surface area (Å²) >= 11 is 0. The Morgan fingerprint density at radius 1 is 1.40 bits per heavy atom. The Balaban J connectivity index is 2.57. The molecule has 0 spiro atoms. The molecule has 0 fully saturated rings. The van der Waals surface area contributed by atoms with Crippen LogP contribution in [0.5, 0.6) is 0 Å². The van der Waals surface area contributed by atoms with Gasteiger partial charge in [-0.05, 0) is 31.3 Å². The van der Waals surface area contributed by atoms with Gasteiger partial charge in [-0.3, -0.25) is 9.69 Å². The lowest BCUT2D eigenvalue weighted by Crippen LogP contribution is -2.28. The topological polar surface area (TPSA) is 40.5 Å². The molecule has 82 valence electrons. The Morgan fingerprint density at radius 2 is 2.00 bits per heavy atom. The molecule has 1 N–H and O–H groups in total. The number of benzene rings is 1. The number of hydrogen-bond donors (Lipinski definition) is 1.